The first-order chi connectivity index (χ1) is 11.9. The van der Waals surface area contributed by atoms with Gasteiger partial charge in [0.05, 0.1) is 27.1 Å². The van der Waals surface area contributed by atoms with Gasteiger partial charge in [-0.15, -0.1) is 46.7 Å². The molecule has 1 aliphatic rings. The molecule has 2 N–H and O–H groups in total. The van der Waals surface area contributed by atoms with Gasteiger partial charge in [0.25, 0.3) is 0 Å². The maximum atomic E-state index is 11.5. The third-order valence-corrected chi connectivity index (χ3v) is 7.70. The Morgan fingerprint density at radius 1 is 1.42 bits per heavy atom. The van der Waals surface area contributed by atoms with E-state index in [1.165, 1.54) is 9.75 Å². The monoisotopic (exact) mass is 526 g/mol. The minimum atomic E-state index is -2.88. The SMILES string of the molecule is CN=C(NCCc1ccc(-c2csc(C)n2)s1)NC1CCS(=O)(=O)C1.I. The van der Waals surface area contributed by atoms with E-state index in [1.807, 2.05) is 6.92 Å². The number of halogens is 1. The van der Waals surface area contributed by atoms with E-state index in [4.69, 9.17) is 0 Å². The van der Waals surface area contributed by atoms with Gasteiger partial charge in [-0.2, -0.15) is 0 Å². The fourth-order valence-electron chi connectivity index (χ4n) is 2.73. The summed E-state index contributed by atoms with van der Waals surface area (Å²) in [6.07, 6.45) is 1.53. The van der Waals surface area contributed by atoms with Crippen LogP contribution in [0.25, 0.3) is 10.6 Å². The predicted octanol–water partition coefficient (Wildman–Crippen LogP) is 2.69. The molecule has 0 spiro atoms. The van der Waals surface area contributed by atoms with Crippen LogP contribution >= 0.6 is 46.7 Å². The van der Waals surface area contributed by atoms with Gasteiger partial charge in [0.15, 0.2) is 15.8 Å². The number of sulfone groups is 1. The molecule has 6 nitrogen and oxygen atoms in total. The molecule has 1 unspecified atom stereocenters. The van der Waals surface area contributed by atoms with Gasteiger partial charge in [0, 0.05) is 29.9 Å². The van der Waals surface area contributed by atoms with Crippen molar-refractivity contribution in [1.29, 1.82) is 0 Å². The van der Waals surface area contributed by atoms with E-state index >= 15 is 0 Å². The first-order valence-electron chi connectivity index (χ1n) is 8.14. The number of nitrogens with zero attached hydrogens (tertiary/aromatic N) is 2. The molecule has 26 heavy (non-hydrogen) atoms. The van der Waals surface area contributed by atoms with E-state index in [1.54, 1.807) is 29.7 Å². The largest absolute Gasteiger partial charge is 0.356 e. The highest BCUT2D eigenvalue weighted by Crippen LogP contribution is 2.29. The Morgan fingerprint density at radius 3 is 2.85 bits per heavy atom. The van der Waals surface area contributed by atoms with Gasteiger partial charge >= 0.3 is 0 Å². The van der Waals surface area contributed by atoms with Gasteiger partial charge in [-0.3, -0.25) is 4.99 Å². The van der Waals surface area contributed by atoms with E-state index < -0.39 is 9.84 Å². The number of aromatic nitrogens is 1. The average Bonchev–Trinajstić information content (AvgIpc) is 3.27. The zero-order valence-electron chi connectivity index (χ0n) is 14.7. The van der Waals surface area contributed by atoms with E-state index in [0.717, 1.165) is 23.7 Å². The molecule has 0 saturated carbocycles. The van der Waals surface area contributed by atoms with E-state index in [9.17, 15) is 8.42 Å². The minimum absolute atomic E-state index is 0. The second kappa shape index (κ2) is 9.47. The fourth-order valence-corrected chi connectivity index (χ4v) is 6.06. The molecule has 0 bridgehead atoms. The lowest BCUT2D eigenvalue weighted by atomic mass is 10.3. The molecule has 1 atom stereocenters. The Balaban J connectivity index is 0.00000243. The van der Waals surface area contributed by atoms with Crippen LogP contribution in [0.4, 0.5) is 0 Å². The van der Waals surface area contributed by atoms with Gasteiger partial charge in [-0.05, 0) is 31.9 Å². The van der Waals surface area contributed by atoms with E-state index in [2.05, 4.69) is 38.1 Å². The number of aliphatic imine (C=N–C) groups is 1. The Kier molecular flexibility index (Phi) is 7.86. The number of nitrogens with one attached hydrogen (secondary N) is 2. The highest BCUT2D eigenvalue weighted by Gasteiger charge is 2.28. The number of rotatable bonds is 5. The standard InChI is InChI=1S/C16H22N4O2S3.HI/c1-11-19-14(9-23-11)15-4-3-13(24-15)5-7-18-16(17-2)20-12-6-8-25(21,22)10-12;/h3-4,9,12H,5-8,10H2,1-2H3,(H2,17,18,20);1H. The zero-order valence-corrected chi connectivity index (χ0v) is 19.5. The molecule has 10 heteroatoms. The number of aryl methyl sites for hydroxylation is 1. The summed E-state index contributed by atoms with van der Waals surface area (Å²) >= 11 is 3.42. The molecular formula is C16H23IN4O2S3. The summed E-state index contributed by atoms with van der Waals surface area (Å²) in [4.78, 5) is 11.2. The number of thiazole rings is 1. The fraction of sp³-hybridized carbons (Fsp3) is 0.500. The van der Waals surface area contributed by atoms with Crippen molar-refractivity contribution < 1.29 is 8.42 Å². The van der Waals surface area contributed by atoms with Crippen molar-refractivity contribution in [1.82, 2.24) is 15.6 Å². The molecule has 0 aromatic carbocycles. The highest BCUT2D eigenvalue weighted by atomic mass is 127. The lowest BCUT2D eigenvalue weighted by Gasteiger charge is -2.15. The van der Waals surface area contributed by atoms with Crippen molar-refractivity contribution >= 4 is 62.4 Å². The topological polar surface area (TPSA) is 83.4 Å². The molecular weight excluding hydrogens is 503 g/mol. The molecule has 0 aliphatic carbocycles. The quantitative estimate of drug-likeness (QED) is 0.356. The number of thiophene rings is 1. The van der Waals surface area contributed by atoms with Crippen LogP contribution < -0.4 is 10.6 Å². The van der Waals surface area contributed by atoms with Gasteiger partial charge in [0.1, 0.15) is 0 Å². The van der Waals surface area contributed by atoms with Crippen molar-refractivity contribution in [3.05, 3.63) is 27.4 Å². The van der Waals surface area contributed by atoms with Crippen molar-refractivity contribution in [2.24, 2.45) is 4.99 Å². The average molecular weight is 526 g/mol. The van der Waals surface area contributed by atoms with Crippen LogP contribution in [0.5, 0.6) is 0 Å². The number of hydrogen-bond donors (Lipinski definition) is 2. The van der Waals surface area contributed by atoms with E-state index in [0.29, 0.717) is 12.4 Å². The lowest BCUT2D eigenvalue weighted by Crippen LogP contribution is -2.44. The van der Waals surface area contributed by atoms with E-state index in [-0.39, 0.29) is 41.5 Å². The van der Waals surface area contributed by atoms with Crippen molar-refractivity contribution in [2.45, 2.75) is 25.8 Å². The molecule has 3 heterocycles. The van der Waals surface area contributed by atoms with Crippen LogP contribution in [0, 0.1) is 6.92 Å². The first-order valence-corrected chi connectivity index (χ1v) is 11.7. The maximum absolute atomic E-state index is 11.5. The van der Waals surface area contributed by atoms with Crippen LogP contribution in [-0.2, 0) is 16.3 Å². The molecule has 2 aromatic heterocycles. The molecule has 0 radical (unpaired) electrons. The normalized spacial score (nSPS) is 19.2. The van der Waals surface area contributed by atoms with Crippen molar-refractivity contribution in [3.63, 3.8) is 0 Å². The molecule has 144 valence electrons. The predicted molar refractivity (Wildman–Crippen MR) is 121 cm³/mol. The lowest BCUT2D eigenvalue weighted by molar-refractivity contribution is 0.599. The van der Waals surface area contributed by atoms with Crippen LogP contribution in [0.3, 0.4) is 0 Å². The molecule has 1 aliphatic heterocycles. The summed E-state index contributed by atoms with van der Waals surface area (Å²) in [6, 6.07) is 4.21. The molecule has 3 rings (SSSR count). The third-order valence-electron chi connectivity index (χ3n) is 3.99. The molecule has 1 saturated heterocycles. The Hall–Kier alpha value is -0.720. The van der Waals surface area contributed by atoms with Crippen LogP contribution in [0.2, 0.25) is 0 Å². The second-order valence-electron chi connectivity index (χ2n) is 6.01. The van der Waals surface area contributed by atoms with Crippen LogP contribution in [0.15, 0.2) is 22.5 Å². The summed E-state index contributed by atoms with van der Waals surface area (Å²) < 4.78 is 23.1. The number of guanidine groups is 1. The minimum Gasteiger partial charge on any atom is -0.356 e. The van der Waals surface area contributed by atoms with Crippen molar-refractivity contribution in [3.8, 4) is 10.6 Å². The van der Waals surface area contributed by atoms with Gasteiger partial charge in [0.2, 0.25) is 0 Å². The maximum Gasteiger partial charge on any atom is 0.191 e. The zero-order chi connectivity index (χ0) is 17.9. The van der Waals surface area contributed by atoms with Gasteiger partial charge < -0.3 is 10.6 Å². The first kappa shape index (κ1) is 21.6. The van der Waals surface area contributed by atoms with Gasteiger partial charge in [-0.1, -0.05) is 0 Å². The Morgan fingerprint density at radius 2 is 2.23 bits per heavy atom. The highest BCUT2D eigenvalue weighted by molar-refractivity contribution is 14.0. The van der Waals surface area contributed by atoms with Crippen molar-refractivity contribution in [2.75, 3.05) is 25.1 Å². The Bertz CT molecular complexity index is 860. The van der Waals surface area contributed by atoms with Crippen LogP contribution in [0.1, 0.15) is 16.3 Å². The summed E-state index contributed by atoms with van der Waals surface area (Å²) in [7, 11) is -1.18. The summed E-state index contributed by atoms with van der Waals surface area (Å²) in [6.45, 7) is 2.76. The van der Waals surface area contributed by atoms with Crippen LogP contribution in [-0.4, -0.2) is 50.5 Å². The second-order valence-corrected chi connectivity index (χ2v) is 10.5. The number of hydrogen-bond acceptors (Lipinski definition) is 6. The molecule has 1 fully saturated rings. The third kappa shape index (κ3) is 5.89. The smallest absolute Gasteiger partial charge is 0.191 e. The summed E-state index contributed by atoms with van der Waals surface area (Å²) in [5.41, 5.74) is 1.05. The summed E-state index contributed by atoms with van der Waals surface area (Å²) in [5, 5.41) is 9.63. The molecule has 0 amide bonds. The molecule has 2 aromatic rings. The Labute approximate surface area is 179 Å². The summed E-state index contributed by atoms with van der Waals surface area (Å²) in [5.74, 6) is 1.11. The van der Waals surface area contributed by atoms with Gasteiger partial charge in [-0.25, -0.2) is 13.4 Å².